The maximum atomic E-state index is 13.7. The lowest BCUT2D eigenvalue weighted by atomic mass is 9.59. The van der Waals surface area contributed by atoms with Crippen molar-refractivity contribution in [3.05, 3.63) is 84.5 Å². The van der Waals surface area contributed by atoms with Gasteiger partial charge in [0.25, 0.3) is 5.91 Å². The van der Waals surface area contributed by atoms with E-state index in [0.29, 0.717) is 24.8 Å². The fourth-order valence-electron chi connectivity index (χ4n) is 5.79. The van der Waals surface area contributed by atoms with Gasteiger partial charge >= 0.3 is 5.97 Å². The molecule has 2 aliphatic heterocycles. The van der Waals surface area contributed by atoms with Crippen molar-refractivity contribution in [3.63, 3.8) is 0 Å². The van der Waals surface area contributed by atoms with Gasteiger partial charge in [-0.25, -0.2) is 4.79 Å². The van der Waals surface area contributed by atoms with Crippen LogP contribution in [0.15, 0.2) is 78.9 Å². The molecule has 3 N–H and O–H groups in total. The van der Waals surface area contributed by atoms with E-state index in [1.807, 2.05) is 61.6 Å². The van der Waals surface area contributed by atoms with Crippen molar-refractivity contribution in [2.24, 2.45) is 23.7 Å². The molecular weight excluding hydrogens is 442 g/mol. The lowest BCUT2D eigenvalue weighted by molar-refractivity contribution is -0.182. The van der Waals surface area contributed by atoms with Crippen LogP contribution in [0, 0.1) is 23.7 Å². The Hall–Kier alpha value is -2.96. The summed E-state index contributed by atoms with van der Waals surface area (Å²) in [6.45, 7) is 8.16. The largest absolute Gasteiger partial charge is 0.445 e. The van der Waals surface area contributed by atoms with Gasteiger partial charge in [0.05, 0.1) is 18.1 Å². The van der Waals surface area contributed by atoms with E-state index >= 15 is 0 Å². The van der Waals surface area contributed by atoms with E-state index in [-0.39, 0.29) is 17.9 Å². The Morgan fingerprint density at radius 2 is 1.77 bits per heavy atom. The fraction of sp³-hybridized carbons (Fsp3) is 0.448. The zero-order valence-corrected chi connectivity index (χ0v) is 20.3. The third-order valence-corrected chi connectivity index (χ3v) is 7.65. The SMILES string of the molecule is C=C1[C@@H](C)[C@H]2[C@H](Cc3ccccc3)NC(=O)[C@]23OC(=O)/C=C\[C@H](O)C/C=C/[C@@H](C)C/C=C/[C@H]3[C@@H]1O. The molecule has 1 saturated heterocycles. The molecule has 0 bridgehead atoms. The van der Waals surface area contributed by atoms with Gasteiger partial charge in [0.15, 0.2) is 0 Å². The van der Waals surface area contributed by atoms with Crippen molar-refractivity contribution in [3.8, 4) is 0 Å². The van der Waals surface area contributed by atoms with Gasteiger partial charge in [-0.2, -0.15) is 0 Å². The number of hydrogen-bond donors (Lipinski definition) is 3. The van der Waals surface area contributed by atoms with Crippen LogP contribution in [-0.4, -0.2) is 45.9 Å². The van der Waals surface area contributed by atoms with Gasteiger partial charge in [0, 0.05) is 18.0 Å². The Morgan fingerprint density at radius 3 is 2.51 bits per heavy atom. The van der Waals surface area contributed by atoms with Crippen LogP contribution >= 0.6 is 0 Å². The molecule has 0 radical (unpaired) electrons. The first-order chi connectivity index (χ1) is 16.7. The minimum Gasteiger partial charge on any atom is -0.445 e. The number of esters is 1. The third-order valence-electron chi connectivity index (χ3n) is 7.65. The molecule has 0 aromatic heterocycles. The van der Waals surface area contributed by atoms with E-state index in [9.17, 15) is 19.8 Å². The van der Waals surface area contributed by atoms with Crippen molar-refractivity contribution in [1.82, 2.24) is 5.32 Å². The number of rotatable bonds is 2. The number of nitrogens with one attached hydrogen (secondary N) is 1. The molecule has 2 heterocycles. The highest BCUT2D eigenvalue weighted by Crippen LogP contribution is 2.52. The first-order valence-electron chi connectivity index (χ1n) is 12.4. The van der Waals surface area contributed by atoms with Crippen LogP contribution in [-0.2, 0) is 20.7 Å². The lowest BCUT2D eigenvalue weighted by Crippen LogP contribution is -2.61. The second-order valence-electron chi connectivity index (χ2n) is 10.1. The van der Waals surface area contributed by atoms with Crippen LogP contribution in [0.4, 0.5) is 0 Å². The molecule has 1 aromatic carbocycles. The predicted molar refractivity (Wildman–Crippen MR) is 134 cm³/mol. The van der Waals surface area contributed by atoms with Gasteiger partial charge in [0.2, 0.25) is 5.60 Å². The zero-order valence-electron chi connectivity index (χ0n) is 20.3. The average molecular weight is 478 g/mol. The molecule has 8 atom stereocenters. The van der Waals surface area contributed by atoms with E-state index in [1.165, 1.54) is 12.2 Å². The van der Waals surface area contributed by atoms with Crippen LogP contribution in [0.1, 0.15) is 32.3 Å². The molecule has 4 rings (SSSR count). The Morgan fingerprint density at radius 1 is 1.06 bits per heavy atom. The minimum atomic E-state index is -1.59. The molecule has 3 aliphatic rings. The smallest absolute Gasteiger partial charge is 0.331 e. The number of allylic oxidation sites excluding steroid dienone is 2. The van der Waals surface area contributed by atoms with E-state index < -0.39 is 41.5 Å². The number of ether oxygens (including phenoxy) is 1. The van der Waals surface area contributed by atoms with E-state index in [0.717, 1.165) is 5.56 Å². The van der Waals surface area contributed by atoms with E-state index in [2.05, 4.69) is 18.8 Å². The molecule has 35 heavy (non-hydrogen) atoms. The number of aliphatic hydroxyl groups excluding tert-OH is 2. The quantitative estimate of drug-likeness (QED) is 0.449. The summed E-state index contributed by atoms with van der Waals surface area (Å²) in [7, 11) is 0. The van der Waals surface area contributed by atoms with Crippen LogP contribution < -0.4 is 5.32 Å². The Kier molecular flexibility index (Phi) is 7.43. The minimum absolute atomic E-state index is 0.200. The number of amides is 1. The highest BCUT2D eigenvalue weighted by molar-refractivity contribution is 5.94. The highest BCUT2D eigenvalue weighted by atomic mass is 16.6. The molecule has 1 amide bonds. The normalized spacial score (nSPS) is 40.5. The van der Waals surface area contributed by atoms with Crippen molar-refractivity contribution in [2.75, 3.05) is 0 Å². The van der Waals surface area contributed by atoms with Crippen molar-refractivity contribution in [2.45, 2.75) is 57.0 Å². The van der Waals surface area contributed by atoms with Gasteiger partial charge < -0.3 is 20.3 Å². The zero-order chi connectivity index (χ0) is 25.2. The third kappa shape index (κ3) is 4.91. The summed E-state index contributed by atoms with van der Waals surface area (Å²) in [5, 5.41) is 24.6. The van der Waals surface area contributed by atoms with Gasteiger partial charge in [0.1, 0.15) is 0 Å². The lowest BCUT2D eigenvalue weighted by Gasteiger charge is -2.49. The highest BCUT2D eigenvalue weighted by Gasteiger charge is 2.67. The first-order valence-corrected chi connectivity index (χ1v) is 12.4. The number of hydrogen-bond acceptors (Lipinski definition) is 5. The fourth-order valence-corrected chi connectivity index (χ4v) is 5.79. The molecule has 6 heteroatoms. The van der Waals surface area contributed by atoms with Crippen molar-refractivity contribution >= 4 is 11.9 Å². The van der Waals surface area contributed by atoms with Crippen molar-refractivity contribution < 1.29 is 24.5 Å². The summed E-state index contributed by atoms with van der Waals surface area (Å²) in [6.07, 6.45) is 9.97. The molecule has 186 valence electrons. The number of aliphatic hydroxyl groups is 2. The molecule has 1 aromatic rings. The summed E-state index contributed by atoms with van der Waals surface area (Å²) < 4.78 is 6.04. The summed E-state index contributed by atoms with van der Waals surface area (Å²) in [6, 6.07) is 9.55. The second kappa shape index (κ2) is 10.3. The summed E-state index contributed by atoms with van der Waals surface area (Å²) in [5.74, 6) is -2.40. The van der Waals surface area contributed by atoms with Crippen molar-refractivity contribution in [1.29, 1.82) is 0 Å². The Bertz CT molecular complexity index is 1040. The van der Waals surface area contributed by atoms with Gasteiger partial charge in [-0.15, -0.1) is 0 Å². The summed E-state index contributed by atoms with van der Waals surface area (Å²) in [4.78, 5) is 26.7. The van der Waals surface area contributed by atoms with Crippen LogP contribution in [0.2, 0.25) is 0 Å². The molecule has 6 nitrogen and oxygen atoms in total. The van der Waals surface area contributed by atoms with Crippen LogP contribution in [0.3, 0.4) is 0 Å². The number of carbonyl (C=O) groups excluding carboxylic acids is 2. The topological polar surface area (TPSA) is 95.9 Å². The number of carbonyl (C=O) groups is 2. The molecule has 1 spiro atoms. The average Bonchev–Trinajstić information content (AvgIpc) is 3.09. The summed E-state index contributed by atoms with van der Waals surface area (Å²) in [5.41, 5.74) is 0.0959. The van der Waals surface area contributed by atoms with Gasteiger partial charge in [-0.05, 0) is 48.3 Å². The molecule has 1 aliphatic carbocycles. The predicted octanol–water partition coefficient (Wildman–Crippen LogP) is 3.27. The maximum absolute atomic E-state index is 13.7. The van der Waals surface area contributed by atoms with Crippen LogP contribution in [0.5, 0.6) is 0 Å². The molecule has 2 fully saturated rings. The monoisotopic (exact) mass is 477 g/mol. The molecule has 0 unspecified atom stereocenters. The van der Waals surface area contributed by atoms with Crippen LogP contribution in [0.25, 0.3) is 0 Å². The van der Waals surface area contributed by atoms with E-state index in [1.54, 1.807) is 0 Å². The Balaban J connectivity index is 1.80. The van der Waals surface area contributed by atoms with Gasteiger partial charge in [-0.1, -0.05) is 75.1 Å². The number of benzene rings is 1. The Labute approximate surface area is 207 Å². The molecular formula is C29H35NO5. The second-order valence-corrected chi connectivity index (χ2v) is 10.1. The van der Waals surface area contributed by atoms with Gasteiger partial charge in [-0.3, -0.25) is 4.79 Å². The van der Waals surface area contributed by atoms with E-state index in [4.69, 9.17) is 4.74 Å². The first kappa shape index (κ1) is 25.1. The maximum Gasteiger partial charge on any atom is 0.331 e. The summed E-state index contributed by atoms with van der Waals surface area (Å²) >= 11 is 0. The molecule has 1 saturated carbocycles. The standard InChI is InChI=1S/C29H35NO5/c1-18-9-7-13-22(31)15-16-25(32)35-29-23(14-8-10-18)27(33)20(3)19(2)26(29)24(30-28(29)34)17-21-11-5-4-6-12-21/h4-9,11-12,14-16,18-19,22-24,26-27,31,33H,3,10,13,17H2,1-2H3,(H,30,34)/b9-7+,14-8+,16-15-/t18-,19-,22-,23+,24+,26+,27-,29-/m1/s1.